The van der Waals surface area contributed by atoms with Gasteiger partial charge in [-0.15, -0.1) is 0 Å². The number of carbonyl (C=O) groups is 4. The van der Waals surface area contributed by atoms with Crippen molar-refractivity contribution < 1.29 is 108 Å². The number of nitrogens with zero attached hydrogens (tertiary/aromatic N) is 4. The van der Waals surface area contributed by atoms with Crippen molar-refractivity contribution in [3.8, 4) is 0 Å². The number of nitrogens with two attached hydrogens (primary N) is 4. The minimum atomic E-state index is -4.74. The molecular formula is C34H50N8O18S2Zn+4. The summed E-state index contributed by atoms with van der Waals surface area (Å²) in [7, 11) is -9.48. The van der Waals surface area contributed by atoms with Crippen LogP contribution in [-0.4, -0.2) is 91.4 Å². The second kappa shape index (κ2) is 36.0. The van der Waals surface area contributed by atoms with Gasteiger partial charge in [-0.05, 0) is 60.7 Å². The van der Waals surface area contributed by atoms with Crippen LogP contribution in [0.1, 0.15) is 41.4 Å². The van der Waals surface area contributed by atoms with E-state index < -0.39 is 53.7 Å². The quantitative estimate of drug-likeness (QED) is 0.0687. The summed E-state index contributed by atoms with van der Waals surface area (Å²) in [6.07, 6.45) is 12.2. The number of hydrogen-bond acceptors (Lipinski definition) is 14. The Morgan fingerprint density at radius 1 is 0.381 bits per heavy atom. The summed E-state index contributed by atoms with van der Waals surface area (Å²) in [6.45, 7) is 0. The van der Waals surface area contributed by atoms with Crippen molar-refractivity contribution >= 4 is 54.6 Å². The smallest absolute Gasteiger partial charge is 0.744 e. The molecule has 0 aliphatic heterocycles. The van der Waals surface area contributed by atoms with E-state index in [4.69, 9.17) is 22.9 Å². The van der Waals surface area contributed by atoms with E-state index in [1.54, 1.807) is 48.5 Å². The van der Waals surface area contributed by atoms with E-state index in [9.17, 15) is 45.1 Å². The molecule has 0 bridgehead atoms. The molecule has 28 N–H and O–H groups in total. The maximum absolute atomic E-state index is 11.0. The number of benzene rings is 2. The Morgan fingerprint density at radius 3 is 0.683 bits per heavy atom. The Hall–Kier alpha value is -6.70. The molecule has 0 atom stereocenters. The fourth-order valence-electron chi connectivity index (χ4n) is 3.75. The maximum atomic E-state index is 11.0. The fraction of sp³-hybridized carbons (Fsp3) is 0. The Morgan fingerprint density at radius 2 is 0.556 bits per heavy atom. The van der Waals surface area contributed by atoms with Gasteiger partial charge in [0.2, 0.25) is 23.6 Å². The number of fused-ring (bicyclic) bond motifs is 1. The van der Waals surface area contributed by atoms with Crippen molar-refractivity contribution in [3.63, 3.8) is 0 Å². The van der Waals surface area contributed by atoms with Gasteiger partial charge in [-0.1, -0.05) is 24.3 Å². The molecule has 4 aromatic heterocycles. The molecule has 6 rings (SSSR count). The molecular weight excluding hydrogens is 938 g/mol. The first-order valence-corrected chi connectivity index (χ1v) is 17.5. The molecule has 26 nitrogen and oxygen atoms in total. The molecule has 0 aliphatic carbocycles. The molecule has 63 heavy (non-hydrogen) atoms. The number of primary amides is 4. The molecule has 0 spiro atoms. The van der Waals surface area contributed by atoms with Crippen molar-refractivity contribution in [2.24, 2.45) is 22.9 Å². The zero-order valence-corrected chi connectivity index (χ0v) is 37.3. The third kappa shape index (κ3) is 26.3. The minimum Gasteiger partial charge on any atom is -0.744 e. The summed E-state index contributed by atoms with van der Waals surface area (Å²) in [5, 5.41) is -0.158. The molecule has 0 radical (unpaired) electrons. The Kier molecular flexibility index (Phi) is 42.2. The maximum Gasteiger partial charge on any atom is 2.00 e. The minimum absolute atomic E-state index is 0. The fourth-order valence-corrected chi connectivity index (χ4v) is 5.14. The van der Waals surface area contributed by atoms with Crippen LogP contribution in [-0.2, 0) is 61.6 Å². The van der Waals surface area contributed by atoms with E-state index in [0.717, 1.165) is 12.1 Å². The van der Waals surface area contributed by atoms with Crippen molar-refractivity contribution in [1.29, 1.82) is 0 Å². The van der Waals surface area contributed by atoms with E-state index in [0.29, 0.717) is 22.3 Å². The van der Waals surface area contributed by atoms with Crippen LogP contribution in [0.25, 0.3) is 10.8 Å². The second-order valence-electron chi connectivity index (χ2n) is 9.92. The summed E-state index contributed by atoms with van der Waals surface area (Å²) in [4.78, 5) is 55.4. The summed E-state index contributed by atoms with van der Waals surface area (Å²) in [5.41, 5.74) is 21.8. The Bertz CT molecular complexity index is 2150. The van der Waals surface area contributed by atoms with Crippen LogP contribution in [0.15, 0.2) is 144 Å². The van der Waals surface area contributed by atoms with Crippen LogP contribution in [0.5, 0.6) is 0 Å². The number of hydrogen-bond donors (Lipinski definition) is 4. The SMILES string of the molecule is NC(=O)c1ccncc1.NC(=O)c1ccncc1.NC(=O)c1ccncc1.NC(=O)c1ccncc1.O.O.O.O.O=S(=O)([O-])c1cccc2c(S(=O)(=O)[O-])cccc12.[OH3+].[OH3+].[OH3+].[OH3+].[Zn+2]. The van der Waals surface area contributed by atoms with Gasteiger partial charge in [-0.2, -0.15) is 0 Å². The van der Waals surface area contributed by atoms with E-state index in [1.165, 1.54) is 73.8 Å². The average Bonchev–Trinajstić information content (AvgIpc) is 3.16. The van der Waals surface area contributed by atoms with Crippen LogP contribution >= 0.6 is 0 Å². The molecule has 4 heterocycles. The molecule has 0 fully saturated rings. The number of pyridine rings is 4. The molecule has 0 aliphatic rings. The predicted molar refractivity (Wildman–Crippen MR) is 225 cm³/mol. The van der Waals surface area contributed by atoms with Crippen LogP contribution in [0.3, 0.4) is 0 Å². The van der Waals surface area contributed by atoms with E-state index in [1.807, 2.05) is 0 Å². The van der Waals surface area contributed by atoms with Crippen molar-refractivity contribution in [2.75, 3.05) is 0 Å². The summed E-state index contributed by atoms with van der Waals surface area (Å²) in [5.74, 6) is -1.68. The van der Waals surface area contributed by atoms with Gasteiger partial charge >= 0.3 is 19.5 Å². The van der Waals surface area contributed by atoms with Gasteiger partial charge in [0.25, 0.3) is 0 Å². The first-order valence-electron chi connectivity index (χ1n) is 14.7. The third-order valence-corrected chi connectivity index (χ3v) is 8.03. The standard InChI is InChI=1S/C10H8O6S2.4C6H6N2O.8H2O.Zn/c11-17(12,13)9-5-1-3-7-8(9)4-2-6-10(7)18(14,15)16;4*7-6(9)5-1-3-8-4-2-5;;;;;;;;;/h1-6H,(H,11,12,13)(H,14,15,16);4*1-4H,(H2,7,9);8*1H2;/q;;;;;;;;;;;;;+2/p+2. The predicted octanol–water partition coefficient (Wildman–Crippen LogP) is -5.62. The molecule has 29 heteroatoms. The Balaban J connectivity index is -0.0000000998. The van der Waals surface area contributed by atoms with Crippen molar-refractivity contribution in [1.82, 2.24) is 19.9 Å². The number of aromatic nitrogens is 4. The molecule has 4 amide bonds. The number of rotatable bonds is 6. The second-order valence-corrected chi connectivity index (χ2v) is 12.6. The molecule has 344 valence electrons. The number of amides is 4. The number of carbonyl (C=O) groups excluding carboxylic acids is 4. The molecule has 2 aromatic carbocycles. The normalized spacial score (nSPS) is 8.73. The summed E-state index contributed by atoms with van der Waals surface area (Å²) >= 11 is 0. The monoisotopic (exact) mass is 986 g/mol. The van der Waals surface area contributed by atoms with Gasteiger partial charge < -0.3 is 75.8 Å². The largest absolute Gasteiger partial charge is 2.00 e. The molecule has 0 saturated carbocycles. The van der Waals surface area contributed by atoms with Gasteiger partial charge in [0.05, 0.1) is 9.79 Å². The van der Waals surface area contributed by atoms with Crippen LogP contribution in [0, 0.1) is 0 Å². The van der Waals surface area contributed by atoms with Crippen LogP contribution < -0.4 is 22.9 Å². The molecule has 0 saturated heterocycles. The van der Waals surface area contributed by atoms with Crippen molar-refractivity contribution in [3.05, 3.63) is 157 Å². The van der Waals surface area contributed by atoms with E-state index in [2.05, 4.69) is 19.9 Å². The van der Waals surface area contributed by atoms with Gasteiger partial charge in [0.15, 0.2) is 0 Å². The zero-order chi connectivity index (χ0) is 40.3. The van der Waals surface area contributed by atoms with Gasteiger partial charge in [-0.3, -0.25) is 39.1 Å². The topological polar surface area (TPSA) is 596 Å². The van der Waals surface area contributed by atoms with E-state index >= 15 is 0 Å². The third-order valence-electron chi connectivity index (χ3n) is 6.24. The van der Waals surface area contributed by atoms with Crippen molar-refractivity contribution in [2.45, 2.75) is 9.79 Å². The Labute approximate surface area is 371 Å². The van der Waals surface area contributed by atoms with E-state index in [-0.39, 0.29) is 74.1 Å². The van der Waals surface area contributed by atoms with Crippen LogP contribution in [0.2, 0.25) is 0 Å². The first-order chi connectivity index (χ1) is 25.4. The van der Waals surface area contributed by atoms with Crippen LogP contribution in [0.4, 0.5) is 0 Å². The van der Waals surface area contributed by atoms with Gasteiger partial charge in [-0.25, -0.2) is 16.8 Å². The average molecular weight is 988 g/mol. The first kappa shape index (κ1) is 73.8. The molecule has 0 unspecified atom stereocenters. The van der Waals surface area contributed by atoms with Gasteiger partial charge in [0.1, 0.15) is 20.2 Å². The summed E-state index contributed by atoms with van der Waals surface area (Å²) < 4.78 is 66.1. The summed E-state index contributed by atoms with van der Waals surface area (Å²) in [6, 6.07) is 19.7. The zero-order valence-electron chi connectivity index (χ0n) is 32.7. The van der Waals surface area contributed by atoms with Gasteiger partial charge in [0, 0.05) is 82.6 Å². The molecule has 6 aromatic rings.